The molecule has 0 unspecified atom stereocenters. The van der Waals surface area contributed by atoms with Crippen LogP contribution in [0.3, 0.4) is 0 Å². The molecule has 0 radical (unpaired) electrons. The summed E-state index contributed by atoms with van der Waals surface area (Å²) in [4.78, 5) is 6.52. The van der Waals surface area contributed by atoms with Crippen LogP contribution in [0.2, 0.25) is 0 Å². The molecule has 38 heavy (non-hydrogen) atoms. The number of aromatic nitrogens is 3. The van der Waals surface area contributed by atoms with Gasteiger partial charge < -0.3 is 19.0 Å². The zero-order valence-electron chi connectivity index (χ0n) is 21.5. The van der Waals surface area contributed by atoms with E-state index in [1.165, 1.54) is 39.6 Å². The molecule has 0 N–H and O–H groups in total. The summed E-state index contributed by atoms with van der Waals surface area (Å²) in [7, 11) is 2.15. The summed E-state index contributed by atoms with van der Waals surface area (Å²) in [5.74, 6) is 0. The second-order valence-electron chi connectivity index (χ2n) is 9.21. The van der Waals surface area contributed by atoms with Gasteiger partial charge in [-0.1, -0.05) is 61.5 Å². The van der Waals surface area contributed by atoms with Crippen LogP contribution in [0.5, 0.6) is 0 Å². The molecule has 4 aromatic carbocycles. The number of aryl methyl sites for hydroxylation is 1. The molecule has 0 bridgehead atoms. The third-order valence-corrected chi connectivity index (χ3v) is 6.84. The van der Waals surface area contributed by atoms with Crippen molar-refractivity contribution < 1.29 is 24.7 Å². The topological polar surface area (TPSA) is 24.9 Å². The third kappa shape index (κ3) is 4.64. The fourth-order valence-corrected chi connectivity index (χ4v) is 5.00. The Bertz CT molecular complexity index is 1640. The Morgan fingerprint density at radius 1 is 0.895 bits per heavy atom. The minimum absolute atomic E-state index is 0. The molecule has 6 aromatic rings. The van der Waals surface area contributed by atoms with E-state index in [-0.39, 0.29) is 20.1 Å². The van der Waals surface area contributed by atoms with Gasteiger partial charge in [0.15, 0.2) is 0 Å². The van der Waals surface area contributed by atoms with E-state index in [9.17, 15) is 0 Å². The van der Waals surface area contributed by atoms with Crippen molar-refractivity contribution in [1.29, 1.82) is 0 Å². The van der Waals surface area contributed by atoms with E-state index in [1.54, 1.807) is 6.20 Å². The number of nitrogens with zero attached hydrogens (tertiary/aromatic N) is 4. The van der Waals surface area contributed by atoms with Gasteiger partial charge in [-0.15, -0.1) is 52.7 Å². The summed E-state index contributed by atoms with van der Waals surface area (Å²) in [6.45, 7) is 3.22. The molecule has 1 aliphatic heterocycles. The fraction of sp³-hybridized carbons (Fsp3) is 0.152. The van der Waals surface area contributed by atoms with Crippen molar-refractivity contribution in [2.45, 2.75) is 26.3 Å². The summed E-state index contributed by atoms with van der Waals surface area (Å²) in [6.07, 6.45) is 7.71. The van der Waals surface area contributed by atoms with Crippen molar-refractivity contribution in [2.75, 3.05) is 11.9 Å². The summed E-state index contributed by atoms with van der Waals surface area (Å²) in [6, 6.07) is 37.5. The Hall–Kier alpha value is -3.79. The van der Waals surface area contributed by atoms with Gasteiger partial charge in [-0.2, -0.15) is 12.1 Å². The molecule has 188 valence electrons. The zero-order chi connectivity index (χ0) is 25.2. The van der Waals surface area contributed by atoms with Gasteiger partial charge in [-0.25, -0.2) is 0 Å². The third-order valence-electron chi connectivity index (χ3n) is 6.84. The largest absolute Gasteiger partial charge is 3.00 e. The van der Waals surface area contributed by atoms with Crippen LogP contribution in [0.4, 0.5) is 11.4 Å². The van der Waals surface area contributed by atoms with Crippen LogP contribution in [0.25, 0.3) is 38.8 Å². The van der Waals surface area contributed by atoms with E-state index in [4.69, 9.17) is 0 Å². The molecule has 4 nitrogen and oxygen atoms in total. The summed E-state index contributed by atoms with van der Waals surface area (Å²) in [5, 5.41) is 2.47. The first-order chi connectivity index (χ1) is 18.3. The minimum Gasteiger partial charge on any atom is -0.407 e. The molecule has 0 spiro atoms. The smallest absolute Gasteiger partial charge is 0.407 e. The Balaban J connectivity index is 0.000000191. The van der Waals surface area contributed by atoms with Crippen LogP contribution in [0.1, 0.15) is 19.8 Å². The van der Waals surface area contributed by atoms with E-state index in [2.05, 4.69) is 100.0 Å². The number of hydrogen-bond acceptors (Lipinski definition) is 2. The zero-order valence-corrected chi connectivity index (χ0v) is 23.9. The first-order valence-electron chi connectivity index (χ1n) is 12.8. The average Bonchev–Trinajstić information content (AvgIpc) is 3.35. The summed E-state index contributed by atoms with van der Waals surface area (Å²) >= 11 is 0. The average molecular weight is 673 g/mol. The number of hydrogen-bond donors (Lipinski definition) is 0. The van der Waals surface area contributed by atoms with Gasteiger partial charge >= 0.3 is 20.1 Å². The quantitative estimate of drug-likeness (QED) is 0.148. The maximum atomic E-state index is 4.22. The molecule has 0 aliphatic carbocycles. The van der Waals surface area contributed by atoms with E-state index < -0.39 is 0 Å². The Labute approximate surface area is 237 Å². The van der Waals surface area contributed by atoms with Crippen molar-refractivity contribution >= 4 is 33.2 Å². The molecular formula is C33H28IrN4+. The van der Waals surface area contributed by atoms with Crippen molar-refractivity contribution in [3.63, 3.8) is 0 Å². The van der Waals surface area contributed by atoms with E-state index >= 15 is 0 Å². The summed E-state index contributed by atoms with van der Waals surface area (Å²) in [5.41, 5.74) is 7.98. The van der Waals surface area contributed by atoms with Gasteiger partial charge in [0.25, 0.3) is 0 Å². The number of fused-ring (bicyclic) bond motifs is 4. The fourth-order valence-electron chi connectivity index (χ4n) is 5.00. The standard InChI is InChI=1S/C22H20N3.C11H8N.Ir/c1-3-4-14-24-15-25-20-13-12-16-8-5-6-9-17(16)21(20)23(2)18-10-7-11-19(24)22(18)25;1-2-6-10(7-3-1)11-8-4-5-9-12-11;/h5-12H,3-4,14H2,1-2H3;1-6,8-9H;/q2*-1;+3. The van der Waals surface area contributed by atoms with Gasteiger partial charge in [-0.05, 0) is 37.0 Å². The maximum absolute atomic E-state index is 4.22. The van der Waals surface area contributed by atoms with Crippen LogP contribution >= 0.6 is 0 Å². The second-order valence-corrected chi connectivity index (χ2v) is 9.21. The number of benzene rings is 4. The number of para-hydroxylation sites is 1. The maximum Gasteiger partial charge on any atom is 3.00 e. The summed E-state index contributed by atoms with van der Waals surface area (Å²) < 4.78 is 4.45. The first-order valence-corrected chi connectivity index (χ1v) is 12.8. The van der Waals surface area contributed by atoms with E-state index in [0.29, 0.717) is 0 Å². The predicted molar refractivity (Wildman–Crippen MR) is 150 cm³/mol. The molecule has 0 fully saturated rings. The van der Waals surface area contributed by atoms with Crippen LogP contribution in [-0.4, -0.2) is 16.6 Å². The van der Waals surface area contributed by atoms with Gasteiger partial charge in [0, 0.05) is 11.9 Å². The van der Waals surface area contributed by atoms with Gasteiger partial charge in [0.2, 0.25) is 6.33 Å². The first kappa shape index (κ1) is 25.8. The molecular weight excluding hydrogens is 645 g/mol. The normalized spacial score (nSPS) is 11.5. The molecule has 0 saturated heterocycles. The van der Waals surface area contributed by atoms with Crippen LogP contribution < -0.4 is 9.47 Å². The monoisotopic (exact) mass is 673 g/mol. The van der Waals surface area contributed by atoms with Gasteiger partial charge in [0.05, 0.1) is 17.6 Å². The molecule has 0 atom stereocenters. The molecule has 2 aromatic heterocycles. The molecule has 3 heterocycles. The molecule has 1 aliphatic rings. The van der Waals surface area contributed by atoms with Crippen molar-refractivity contribution in [3.8, 4) is 16.9 Å². The van der Waals surface area contributed by atoms with Gasteiger partial charge in [-0.3, -0.25) is 0 Å². The molecule has 5 heteroatoms. The van der Waals surface area contributed by atoms with E-state index in [0.717, 1.165) is 29.9 Å². The van der Waals surface area contributed by atoms with Crippen LogP contribution in [0, 0.1) is 18.5 Å². The van der Waals surface area contributed by atoms with Crippen molar-refractivity contribution in [3.05, 3.63) is 116 Å². The van der Waals surface area contributed by atoms with Crippen LogP contribution in [-0.2, 0) is 26.7 Å². The number of unbranched alkanes of at least 4 members (excludes halogenated alkanes) is 1. The Morgan fingerprint density at radius 3 is 2.53 bits per heavy atom. The number of pyridine rings is 1. The number of anilines is 2. The number of imidazole rings is 1. The Morgan fingerprint density at radius 2 is 1.74 bits per heavy atom. The molecule has 7 rings (SSSR count). The van der Waals surface area contributed by atoms with Crippen LogP contribution in [0.15, 0.2) is 97.2 Å². The predicted octanol–water partition coefficient (Wildman–Crippen LogP) is 7.10. The number of rotatable bonds is 4. The van der Waals surface area contributed by atoms with Crippen molar-refractivity contribution in [2.24, 2.45) is 0 Å². The second kappa shape index (κ2) is 11.3. The molecule has 0 amide bonds. The molecule has 0 saturated carbocycles. The SMILES string of the molecule is CCCCn1[c-][n+]2c3c(cccc31)N(C)c1c-2[c-]cc2ccccc12.[Ir+3].[c-]1ccccc1-c1ccccn1. The van der Waals surface area contributed by atoms with Gasteiger partial charge in [0.1, 0.15) is 0 Å². The Kier molecular flexibility index (Phi) is 7.69. The van der Waals surface area contributed by atoms with Crippen molar-refractivity contribution in [1.82, 2.24) is 9.55 Å². The minimum atomic E-state index is 0. The van der Waals surface area contributed by atoms with E-state index in [1.807, 2.05) is 42.5 Å².